The third kappa shape index (κ3) is 4.88. The number of carbonyl (C=O) groups excluding carboxylic acids is 2. The van der Waals surface area contributed by atoms with Crippen molar-refractivity contribution in [2.24, 2.45) is 0 Å². The van der Waals surface area contributed by atoms with Gasteiger partial charge in [-0.2, -0.15) is 0 Å². The van der Waals surface area contributed by atoms with Gasteiger partial charge in [-0.3, -0.25) is 14.6 Å². The average molecular weight is 382 g/mol. The molecule has 0 atom stereocenters. The van der Waals surface area contributed by atoms with Gasteiger partial charge in [-0.25, -0.2) is 8.78 Å². The molecule has 3 N–H and O–H groups in total. The summed E-state index contributed by atoms with van der Waals surface area (Å²) in [4.78, 5) is 27.3. The molecule has 0 spiro atoms. The van der Waals surface area contributed by atoms with Gasteiger partial charge in [0.15, 0.2) is 11.6 Å². The van der Waals surface area contributed by atoms with Gasteiger partial charge in [0, 0.05) is 41.9 Å². The molecule has 2 amide bonds. The van der Waals surface area contributed by atoms with Crippen LogP contribution >= 0.6 is 0 Å². The number of anilines is 4. The fourth-order valence-corrected chi connectivity index (χ4v) is 2.41. The molecule has 8 heteroatoms. The van der Waals surface area contributed by atoms with E-state index in [1.54, 1.807) is 30.3 Å². The van der Waals surface area contributed by atoms with Gasteiger partial charge in [0.05, 0.1) is 0 Å². The van der Waals surface area contributed by atoms with E-state index in [4.69, 9.17) is 0 Å². The summed E-state index contributed by atoms with van der Waals surface area (Å²) < 4.78 is 26.2. The van der Waals surface area contributed by atoms with E-state index in [-0.39, 0.29) is 17.3 Å². The van der Waals surface area contributed by atoms with E-state index in [0.717, 1.165) is 17.8 Å². The SMILES string of the molecule is CC(=O)Nc1ccc(Nc2ccnc(C(=O)Nc3ccc(F)c(F)c3)c2)cc1. The second kappa shape index (κ2) is 8.26. The third-order valence-electron chi connectivity index (χ3n) is 3.66. The number of hydrogen-bond acceptors (Lipinski definition) is 4. The Hall–Kier alpha value is -3.81. The van der Waals surface area contributed by atoms with Crippen LogP contribution in [-0.4, -0.2) is 16.8 Å². The van der Waals surface area contributed by atoms with E-state index in [1.807, 2.05) is 0 Å². The van der Waals surface area contributed by atoms with Gasteiger partial charge in [0.25, 0.3) is 5.91 Å². The molecule has 0 aliphatic carbocycles. The molecule has 0 bridgehead atoms. The average Bonchev–Trinajstić information content (AvgIpc) is 2.66. The van der Waals surface area contributed by atoms with Crippen LogP contribution < -0.4 is 16.0 Å². The molecule has 28 heavy (non-hydrogen) atoms. The molecule has 0 saturated carbocycles. The smallest absolute Gasteiger partial charge is 0.274 e. The molecule has 0 saturated heterocycles. The quantitative estimate of drug-likeness (QED) is 0.614. The normalized spacial score (nSPS) is 10.2. The maximum Gasteiger partial charge on any atom is 0.274 e. The molecular weight excluding hydrogens is 366 g/mol. The summed E-state index contributed by atoms with van der Waals surface area (Å²) in [7, 11) is 0. The zero-order valence-electron chi connectivity index (χ0n) is 14.8. The molecular formula is C20H16F2N4O2. The summed E-state index contributed by atoms with van der Waals surface area (Å²) in [5.41, 5.74) is 2.24. The lowest BCUT2D eigenvalue weighted by Crippen LogP contribution is -2.14. The molecule has 2 aromatic carbocycles. The molecule has 3 aromatic rings. The number of rotatable bonds is 5. The summed E-state index contributed by atoms with van der Waals surface area (Å²) in [5.74, 6) is -2.77. The summed E-state index contributed by atoms with van der Waals surface area (Å²) in [6.07, 6.45) is 1.45. The van der Waals surface area contributed by atoms with Crippen LogP contribution in [0.1, 0.15) is 17.4 Å². The van der Waals surface area contributed by atoms with Gasteiger partial charge in [-0.1, -0.05) is 0 Å². The van der Waals surface area contributed by atoms with Crippen molar-refractivity contribution < 1.29 is 18.4 Å². The maximum absolute atomic E-state index is 13.3. The van der Waals surface area contributed by atoms with Gasteiger partial charge in [0.2, 0.25) is 5.91 Å². The number of halogens is 2. The van der Waals surface area contributed by atoms with Crippen molar-refractivity contribution in [2.45, 2.75) is 6.92 Å². The molecule has 0 aliphatic rings. The van der Waals surface area contributed by atoms with E-state index in [9.17, 15) is 18.4 Å². The van der Waals surface area contributed by atoms with E-state index in [0.29, 0.717) is 11.4 Å². The highest BCUT2D eigenvalue weighted by Crippen LogP contribution is 2.20. The van der Waals surface area contributed by atoms with Crippen LogP contribution in [0.25, 0.3) is 0 Å². The zero-order chi connectivity index (χ0) is 20.1. The highest BCUT2D eigenvalue weighted by Gasteiger charge is 2.10. The number of carbonyl (C=O) groups is 2. The summed E-state index contributed by atoms with van der Waals surface area (Å²) in [6, 6.07) is 13.3. The Kier molecular flexibility index (Phi) is 5.59. The Morgan fingerprint density at radius 3 is 2.14 bits per heavy atom. The molecule has 6 nitrogen and oxygen atoms in total. The van der Waals surface area contributed by atoms with Crippen LogP contribution in [0.4, 0.5) is 31.5 Å². The first-order valence-electron chi connectivity index (χ1n) is 8.28. The van der Waals surface area contributed by atoms with Crippen LogP contribution in [0.2, 0.25) is 0 Å². The fourth-order valence-electron chi connectivity index (χ4n) is 2.41. The predicted molar refractivity (Wildman–Crippen MR) is 103 cm³/mol. The minimum Gasteiger partial charge on any atom is -0.355 e. The van der Waals surface area contributed by atoms with Crippen molar-refractivity contribution in [1.82, 2.24) is 4.98 Å². The number of amides is 2. The van der Waals surface area contributed by atoms with E-state index >= 15 is 0 Å². The predicted octanol–water partition coefficient (Wildman–Crippen LogP) is 4.31. The number of nitrogens with one attached hydrogen (secondary N) is 3. The van der Waals surface area contributed by atoms with Crippen LogP contribution in [0, 0.1) is 11.6 Å². The molecule has 0 fully saturated rings. The number of pyridine rings is 1. The first-order valence-corrected chi connectivity index (χ1v) is 8.28. The van der Waals surface area contributed by atoms with Crippen LogP contribution in [-0.2, 0) is 4.79 Å². The topological polar surface area (TPSA) is 83.1 Å². The van der Waals surface area contributed by atoms with Crippen molar-refractivity contribution in [3.63, 3.8) is 0 Å². The molecule has 1 heterocycles. The standard InChI is InChI=1S/C20H16F2N4O2/c1-12(27)24-13-2-4-14(5-3-13)25-16-8-9-23-19(11-16)20(28)26-15-6-7-17(21)18(22)10-15/h2-11H,1H3,(H,23,25)(H,24,27)(H,26,28). The number of aromatic nitrogens is 1. The minimum absolute atomic E-state index is 0.101. The van der Waals surface area contributed by atoms with Gasteiger partial charge in [0.1, 0.15) is 5.69 Å². The Balaban J connectivity index is 1.70. The number of nitrogens with zero attached hydrogens (tertiary/aromatic N) is 1. The van der Waals surface area contributed by atoms with Crippen molar-refractivity contribution >= 4 is 34.6 Å². The second-order valence-corrected chi connectivity index (χ2v) is 5.90. The maximum atomic E-state index is 13.3. The first-order chi connectivity index (χ1) is 13.4. The first kappa shape index (κ1) is 19.0. The van der Waals surface area contributed by atoms with E-state index < -0.39 is 17.5 Å². The number of benzene rings is 2. The van der Waals surface area contributed by atoms with Crippen molar-refractivity contribution in [3.8, 4) is 0 Å². The van der Waals surface area contributed by atoms with Gasteiger partial charge < -0.3 is 16.0 Å². The van der Waals surface area contributed by atoms with E-state index in [1.165, 1.54) is 25.3 Å². The lowest BCUT2D eigenvalue weighted by atomic mass is 10.2. The van der Waals surface area contributed by atoms with Gasteiger partial charge in [-0.15, -0.1) is 0 Å². The minimum atomic E-state index is -1.05. The summed E-state index contributed by atoms with van der Waals surface area (Å²) in [5, 5.41) is 8.26. The molecule has 1 aromatic heterocycles. The Morgan fingerprint density at radius 1 is 0.786 bits per heavy atom. The second-order valence-electron chi connectivity index (χ2n) is 5.90. The molecule has 3 rings (SSSR count). The fraction of sp³-hybridized carbons (Fsp3) is 0.0500. The molecule has 0 radical (unpaired) electrons. The van der Waals surface area contributed by atoms with Crippen molar-refractivity contribution in [1.29, 1.82) is 0 Å². The van der Waals surface area contributed by atoms with Crippen LogP contribution in [0.3, 0.4) is 0 Å². The highest BCUT2D eigenvalue weighted by atomic mass is 19.2. The van der Waals surface area contributed by atoms with Crippen LogP contribution in [0.15, 0.2) is 60.8 Å². The largest absolute Gasteiger partial charge is 0.355 e. The Morgan fingerprint density at radius 2 is 1.46 bits per heavy atom. The van der Waals surface area contributed by atoms with Crippen molar-refractivity contribution in [3.05, 3.63) is 78.1 Å². The summed E-state index contributed by atoms with van der Waals surface area (Å²) in [6.45, 7) is 1.43. The summed E-state index contributed by atoms with van der Waals surface area (Å²) >= 11 is 0. The lowest BCUT2D eigenvalue weighted by molar-refractivity contribution is -0.114. The molecule has 0 aliphatic heterocycles. The highest BCUT2D eigenvalue weighted by molar-refractivity contribution is 6.03. The monoisotopic (exact) mass is 382 g/mol. The lowest BCUT2D eigenvalue weighted by Gasteiger charge is -2.10. The van der Waals surface area contributed by atoms with Gasteiger partial charge in [-0.05, 0) is 48.5 Å². The molecule has 0 unspecified atom stereocenters. The molecule has 142 valence electrons. The van der Waals surface area contributed by atoms with Crippen molar-refractivity contribution in [2.75, 3.05) is 16.0 Å². The Bertz CT molecular complexity index is 1020. The van der Waals surface area contributed by atoms with Gasteiger partial charge >= 0.3 is 0 Å². The third-order valence-corrected chi connectivity index (χ3v) is 3.66. The van der Waals surface area contributed by atoms with E-state index in [2.05, 4.69) is 20.9 Å². The number of hydrogen-bond donors (Lipinski definition) is 3. The zero-order valence-corrected chi connectivity index (χ0v) is 14.8. The Labute approximate surface area is 159 Å². The van der Waals surface area contributed by atoms with Crippen LogP contribution in [0.5, 0.6) is 0 Å².